The highest BCUT2D eigenvalue weighted by Gasteiger charge is 2.52. The second-order valence-electron chi connectivity index (χ2n) is 14.0. The van der Waals surface area contributed by atoms with Crippen molar-refractivity contribution in [3.63, 3.8) is 0 Å². The van der Waals surface area contributed by atoms with Gasteiger partial charge in [-0.15, -0.1) is 0 Å². The van der Waals surface area contributed by atoms with E-state index in [9.17, 15) is 29.7 Å². The number of aliphatic hydroxyl groups is 3. The first kappa shape index (κ1) is 42.1. The van der Waals surface area contributed by atoms with Crippen molar-refractivity contribution >= 4 is 17.9 Å². The third-order valence-electron chi connectivity index (χ3n) is 9.91. The van der Waals surface area contributed by atoms with Crippen molar-refractivity contribution in [2.45, 2.75) is 124 Å². The van der Waals surface area contributed by atoms with Gasteiger partial charge in [-0.05, 0) is 45.6 Å². The quantitative estimate of drug-likeness (QED) is 0.189. The summed E-state index contributed by atoms with van der Waals surface area (Å²) < 4.78 is 23.6. The lowest BCUT2D eigenvalue weighted by atomic mass is 9.77. The minimum absolute atomic E-state index is 0.0123. The van der Waals surface area contributed by atoms with Gasteiger partial charge in [-0.25, -0.2) is 14.4 Å². The number of hydrogen-bond acceptors (Lipinski definition) is 10. The van der Waals surface area contributed by atoms with Crippen LogP contribution in [-0.2, 0) is 33.3 Å². The standard InChI is InChI=1S/C38H58O11/c1-11-29-26(7)31(47-33(41)16-15-32(39)40)20-38(45,49-29)28(9)35(43)27(8)36-30(46-10)14-12-13-21(2)17-23(4)34(42)24(5)18-22(3)19-25(6)37(44)48-36/h12-16,18-19,23-24,26-31,34-36,42-43,45H,11,17,20H2,1-10H3,(H,39,40)/b14-12+,16-15+,21-13+,22-18+,25-19-/t23-,24+,26-,27-,28-,29+,30-,31+,34-,35+,36+,38+/m0/s1. The Morgan fingerprint density at radius 1 is 1.14 bits per heavy atom. The third-order valence-corrected chi connectivity index (χ3v) is 9.91. The van der Waals surface area contributed by atoms with Gasteiger partial charge < -0.3 is 39.4 Å². The number of carbonyl (C=O) groups excluding carboxylic acids is 2. The average molecular weight is 691 g/mol. The van der Waals surface area contributed by atoms with Crippen LogP contribution in [0.1, 0.15) is 81.6 Å². The van der Waals surface area contributed by atoms with Crippen LogP contribution in [0.5, 0.6) is 0 Å². The Balaban J connectivity index is 2.48. The Morgan fingerprint density at radius 3 is 2.39 bits per heavy atom. The summed E-state index contributed by atoms with van der Waals surface area (Å²) in [6, 6.07) is 0. The minimum atomic E-state index is -1.95. The van der Waals surface area contributed by atoms with Crippen molar-refractivity contribution in [1.29, 1.82) is 0 Å². The van der Waals surface area contributed by atoms with Gasteiger partial charge in [0.15, 0.2) is 5.79 Å². The largest absolute Gasteiger partial charge is 0.478 e. The summed E-state index contributed by atoms with van der Waals surface area (Å²) in [5.41, 5.74) is 2.15. The molecule has 0 aliphatic carbocycles. The summed E-state index contributed by atoms with van der Waals surface area (Å²) in [4.78, 5) is 36.8. The zero-order valence-electron chi connectivity index (χ0n) is 30.7. The van der Waals surface area contributed by atoms with Crippen LogP contribution in [-0.4, -0.2) is 87.9 Å². The van der Waals surface area contributed by atoms with Crippen molar-refractivity contribution in [3.8, 4) is 0 Å². The maximum Gasteiger partial charge on any atom is 0.334 e. The Kier molecular flexibility index (Phi) is 16.1. The summed E-state index contributed by atoms with van der Waals surface area (Å²) in [6.45, 7) is 16.4. The van der Waals surface area contributed by atoms with Gasteiger partial charge in [0.2, 0.25) is 0 Å². The maximum atomic E-state index is 13.5. The van der Waals surface area contributed by atoms with Crippen LogP contribution in [0.25, 0.3) is 0 Å². The van der Waals surface area contributed by atoms with E-state index >= 15 is 0 Å². The van der Waals surface area contributed by atoms with Crippen molar-refractivity contribution in [3.05, 3.63) is 59.3 Å². The smallest absolute Gasteiger partial charge is 0.334 e. The van der Waals surface area contributed by atoms with E-state index in [1.807, 2.05) is 53.7 Å². The molecule has 0 spiro atoms. The molecule has 0 aromatic rings. The molecule has 1 fully saturated rings. The highest BCUT2D eigenvalue weighted by molar-refractivity contribution is 5.90. The molecule has 2 aliphatic rings. The summed E-state index contributed by atoms with van der Waals surface area (Å²) >= 11 is 0. The molecule has 4 N–H and O–H groups in total. The predicted octanol–water partition coefficient (Wildman–Crippen LogP) is 5.05. The fourth-order valence-corrected chi connectivity index (χ4v) is 6.79. The molecule has 1 saturated heterocycles. The van der Waals surface area contributed by atoms with Crippen LogP contribution in [0.2, 0.25) is 0 Å². The number of aliphatic hydroxyl groups excluding tert-OH is 2. The van der Waals surface area contributed by atoms with Crippen molar-refractivity contribution in [2.75, 3.05) is 7.11 Å². The van der Waals surface area contributed by atoms with Crippen LogP contribution < -0.4 is 0 Å². The molecule has 0 unspecified atom stereocenters. The number of hydrogen-bond donors (Lipinski definition) is 4. The van der Waals surface area contributed by atoms with Crippen LogP contribution in [0, 0.1) is 29.6 Å². The Hall–Kier alpha value is -3.09. The molecule has 0 bridgehead atoms. The molecule has 276 valence electrons. The molecule has 0 aromatic heterocycles. The number of aliphatic carboxylic acids is 1. The van der Waals surface area contributed by atoms with Crippen molar-refractivity contribution < 1.29 is 53.8 Å². The molecular formula is C38H58O11. The number of carboxylic acids is 1. The van der Waals surface area contributed by atoms with Gasteiger partial charge in [-0.2, -0.15) is 0 Å². The van der Waals surface area contributed by atoms with Crippen molar-refractivity contribution in [2.24, 2.45) is 29.6 Å². The lowest BCUT2D eigenvalue weighted by molar-refractivity contribution is -0.323. The Morgan fingerprint density at radius 2 is 1.80 bits per heavy atom. The zero-order valence-corrected chi connectivity index (χ0v) is 30.7. The first-order valence-electron chi connectivity index (χ1n) is 17.2. The van der Waals surface area contributed by atoms with E-state index in [1.54, 1.807) is 39.0 Å². The summed E-state index contributed by atoms with van der Waals surface area (Å²) in [7, 11) is 1.48. The normalized spacial score (nSPS) is 38.1. The number of carbonyl (C=O) groups is 3. The monoisotopic (exact) mass is 690 g/mol. The van der Waals surface area contributed by atoms with Crippen LogP contribution >= 0.6 is 0 Å². The summed E-state index contributed by atoms with van der Waals surface area (Å²) in [6.07, 6.45) is 6.52. The van der Waals surface area contributed by atoms with Gasteiger partial charge >= 0.3 is 17.9 Å². The topological polar surface area (TPSA) is 169 Å². The second-order valence-corrected chi connectivity index (χ2v) is 14.0. The van der Waals surface area contributed by atoms with Crippen LogP contribution in [0.15, 0.2) is 59.3 Å². The average Bonchev–Trinajstić information content (AvgIpc) is 3.04. The minimum Gasteiger partial charge on any atom is -0.478 e. The predicted molar refractivity (Wildman–Crippen MR) is 185 cm³/mol. The summed E-state index contributed by atoms with van der Waals surface area (Å²) in [5, 5.41) is 43.5. The molecule has 11 nitrogen and oxygen atoms in total. The molecule has 2 heterocycles. The van der Waals surface area contributed by atoms with E-state index in [0.29, 0.717) is 24.5 Å². The molecule has 11 heteroatoms. The molecule has 2 rings (SSSR count). The van der Waals surface area contributed by atoms with E-state index in [2.05, 4.69) is 0 Å². The first-order chi connectivity index (χ1) is 22.8. The van der Waals surface area contributed by atoms with Gasteiger partial charge in [-0.1, -0.05) is 77.0 Å². The second kappa shape index (κ2) is 18.8. The fourth-order valence-electron chi connectivity index (χ4n) is 6.79. The van der Waals surface area contributed by atoms with Gasteiger partial charge in [0.25, 0.3) is 0 Å². The molecule has 0 radical (unpaired) electrons. The molecular weight excluding hydrogens is 632 g/mol. The number of carboxylic acid groups (broad SMARTS) is 1. The third kappa shape index (κ3) is 11.7. The summed E-state index contributed by atoms with van der Waals surface area (Å²) in [5.74, 6) is -6.97. The van der Waals surface area contributed by atoms with Gasteiger partial charge in [0, 0.05) is 54.9 Å². The van der Waals surface area contributed by atoms with E-state index in [4.69, 9.17) is 24.1 Å². The van der Waals surface area contributed by atoms with E-state index in [-0.39, 0.29) is 24.2 Å². The Bertz CT molecular complexity index is 1300. The molecule has 2 aliphatic heterocycles. The number of rotatable bonds is 9. The molecule has 0 aromatic carbocycles. The number of esters is 2. The molecule has 0 amide bonds. The fraction of sp³-hybridized carbons (Fsp3) is 0.658. The first-order valence-corrected chi connectivity index (χ1v) is 17.2. The van der Waals surface area contributed by atoms with Crippen LogP contribution in [0.3, 0.4) is 0 Å². The highest BCUT2D eigenvalue weighted by atomic mass is 16.6. The van der Waals surface area contributed by atoms with E-state index < -0.39 is 72.2 Å². The van der Waals surface area contributed by atoms with Crippen molar-refractivity contribution in [1.82, 2.24) is 0 Å². The van der Waals surface area contributed by atoms with E-state index in [1.165, 1.54) is 7.11 Å². The number of allylic oxidation sites excluding steroid dienone is 5. The van der Waals surface area contributed by atoms with Gasteiger partial charge in [0.1, 0.15) is 18.3 Å². The number of methoxy groups -OCH3 is 1. The highest BCUT2D eigenvalue weighted by Crippen LogP contribution is 2.41. The SMILES string of the molecule is CC[C@H]1O[C@@](O)([C@@H](C)[C@H](O)[C@H](C)[C@H]2OC(=O)/C(C)=C\C(C)=C\[C@@H](C)[C@@H](O)[C@@H](C)C/C(C)=C/C=C/[C@@H]2OC)C[C@@H](OC(=O)/C=C/C(=O)O)[C@H]1C. The van der Waals surface area contributed by atoms with Crippen LogP contribution in [0.4, 0.5) is 0 Å². The van der Waals surface area contributed by atoms with Gasteiger partial charge in [-0.3, -0.25) is 0 Å². The zero-order chi connectivity index (χ0) is 37.2. The van der Waals surface area contributed by atoms with Gasteiger partial charge in [0.05, 0.1) is 18.3 Å². The molecule has 12 atom stereocenters. The number of cyclic esters (lactones) is 1. The lowest BCUT2D eigenvalue weighted by Gasteiger charge is -2.49. The molecule has 49 heavy (non-hydrogen) atoms. The molecule has 0 saturated carbocycles. The maximum absolute atomic E-state index is 13.5. The lowest BCUT2D eigenvalue weighted by Crippen LogP contribution is -2.58. The number of ether oxygens (including phenoxy) is 4. The Labute approximate surface area is 291 Å². The van der Waals surface area contributed by atoms with E-state index in [0.717, 1.165) is 17.2 Å².